The van der Waals surface area contributed by atoms with Gasteiger partial charge in [0.25, 0.3) is 0 Å². The summed E-state index contributed by atoms with van der Waals surface area (Å²) in [6, 6.07) is 3.50. The Morgan fingerprint density at radius 1 is 1.65 bits per heavy atom. The van der Waals surface area contributed by atoms with E-state index in [0.717, 1.165) is 0 Å². The Bertz CT molecular complexity index is 410. The molecule has 1 aromatic heterocycles. The van der Waals surface area contributed by atoms with Gasteiger partial charge in [-0.1, -0.05) is 6.92 Å². The maximum absolute atomic E-state index is 11.4. The van der Waals surface area contributed by atoms with Gasteiger partial charge in [0.05, 0.1) is 5.60 Å². The fourth-order valence-corrected chi connectivity index (χ4v) is 1.36. The number of rotatable bonds is 5. The van der Waals surface area contributed by atoms with Crippen molar-refractivity contribution in [3.8, 4) is 0 Å². The van der Waals surface area contributed by atoms with Crippen LogP contribution in [0.1, 0.15) is 26.0 Å². The monoisotopic (exact) mass is 301 g/mol. The topological polar surface area (TPSA) is 62.5 Å². The Hall–Kier alpha value is -1.07. The van der Waals surface area contributed by atoms with Gasteiger partial charge in [-0.25, -0.2) is 0 Å². The van der Waals surface area contributed by atoms with Crippen molar-refractivity contribution in [3.05, 3.63) is 28.6 Å². The summed E-state index contributed by atoms with van der Waals surface area (Å²) in [5, 5.41) is 12.3. The molecule has 0 fully saturated rings. The van der Waals surface area contributed by atoms with Crippen molar-refractivity contribution in [2.45, 2.75) is 25.9 Å². The molecule has 0 aliphatic carbocycles. The Morgan fingerprint density at radius 2 is 2.35 bits per heavy atom. The summed E-state index contributed by atoms with van der Waals surface area (Å²) in [6.45, 7) is 3.78. The smallest absolute Gasteiger partial charge is 0.244 e. The molecule has 1 atom stereocenters. The van der Waals surface area contributed by atoms with Crippen LogP contribution in [0.15, 0.2) is 27.3 Å². The van der Waals surface area contributed by atoms with Crippen LogP contribution < -0.4 is 5.32 Å². The SMILES string of the molecule is CCC(C)(O)CNC(=O)C=Cc1ccc(Br)o1. The van der Waals surface area contributed by atoms with Gasteiger partial charge in [0, 0.05) is 12.6 Å². The van der Waals surface area contributed by atoms with Crippen LogP contribution in [0.2, 0.25) is 0 Å². The third-order valence-electron chi connectivity index (χ3n) is 2.40. The number of nitrogens with one attached hydrogen (secondary N) is 1. The van der Waals surface area contributed by atoms with E-state index in [2.05, 4.69) is 21.2 Å². The number of aliphatic hydroxyl groups is 1. The molecule has 1 heterocycles. The van der Waals surface area contributed by atoms with Crippen molar-refractivity contribution in [3.63, 3.8) is 0 Å². The van der Waals surface area contributed by atoms with Crippen molar-refractivity contribution >= 4 is 27.9 Å². The van der Waals surface area contributed by atoms with Crippen LogP contribution in [0.4, 0.5) is 0 Å². The van der Waals surface area contributed by atoms with E-state index in [-0.39, 0.29) is 12.5 Å². The number of amides is 1. The Morgan fingerprint density at radius 3 is 2.88 bits per heavy atom. The van der Waals surface area contributed by atoms with Crippen molar-refractivity contribution in [2.75, 3.05) is 6.54 Å². The molecule has 17 heavy (non-hydrogen) atoms. The second-order valence-electron chi connectivity index (χ2n) is 4.04. The Balaban J connectivity index is 2.42. The summed E-state index contributed by atoms with van der Waals surface area (Å²) >= 11 is 3.17. The van der Waals surface area contributed by atoms with Crippen LogP contribution in [0.25, 0.3) is 6.08 Å². The predicted octanol–water partition coefficient (Wildman–Crippen LogP) is 2.33. The van der Waals surface area contributed by atoms with E-state index in [9.17, 15) is 9.90 Å². The zero-order chi connectivity index (χ0) is 12.9. The van der Waals surface area contributed by atoms with Gasteiger partial charge in [-0.2, -0.15) is 0 Å². The van der Waals surface area contributed by atoms with Crippen molar-refractivity contribution in [1.82, 2.24) is 5.32 Å². The fraction of sp³-hybridized carbons (Fsp3) is 0.417. The lowest BCUT2D eigenvalue weighted by Gasteiger charge is -2.20. The first kappa shape index (κ1) is 14.0. The average Bonchev–Trinajstić information content (AvgIpc) is 2.70. The molecular formula is C12H16BrNO3. The number of hydrogen-bond donors (Lipinski definition) is 2. The van der Waals surface area contributed by atoms with Gasteiger partial charge < -0.3 is 14.8 Å². The normalized spacial score (nSPS) is 14.8. The second-order valence-corrected chi connectivity index (χ2v) is 4.83. The number of carbonyl (C=O) groups excluding carboxylic acids is 1. The molecule has 0 aliphatic rings. The first-order valence-electron chi connectivity index (χ1n) is 5.36. The maximum Gasteiger partial charge on any atom is 0.244 e. The minimum Gasteiger partial charge on any atom is -0.450 e. The highest BCUT2D eigenvalue weighted by molar-refractivity contribution is 9.10. The summed E-state index contributed by atoms with van der Waals surface area (Å²) in [5.74, 6) is 0.334. The predicted molar refractivity (Wildman–Crippen MR) is 69.4 cm³/mol. The molecule has 1 aromatic rings. The van der Waals surface area contributed by atoms with Crippen LogP contribution in [0, 0.1) is 0 Å². The van der Waals surface area contributed by atoms with Crippen molar-refractivity contribution in [1.29, 1.82) is 0 Å². The molecule has 0 saturated carbocycles. The first-order valence-corrected chi connectivity index (χ1v) is 6.16. The molecule has 1 rings (SSSR count). The molecule has 0 aliphatic heterocycles. The standard InChI is InChI=1S/C12H16BrNO3/c1-3-12(2,16)8-14-11(15)7-5-9-4-6-10(13)17-9/h4-7,16H,3,8H2,1-2H3,(H,14,15). The van der Waals surface area contributed by atoms with E-state index in [1.807, 2.05) is 6.92 Å². The quantitative estimate of drug-likeness (QED) is 0.821. The summed E-state index contributed by atoms with van der Waals surface area (Å²) in [4.78, 5) is 11.4. The van der Waals surface area contributed by atoms with E-state index in [4.69, 9.17) is 4.42 Å². The lowest BCUT2D eigenvalue weighted by Crippen LogP contribution is -2.39. The van der Waals surface area contributed by atoms with Gasteiger partial charge in [0.15, 0.2) is 4.67 Å². The van der Waals surface area contributed by atoms with E-state index < -0.39 is 5.60 Å². The lowest BCUT2D eigenvalue weighted by atomic mass is 10.0. The largest absolute Gasteiger partial charge is 0.450 e. The molecule has 0 radical (unpaired) electrons. The zero-order valence-electron chi connectivity index (χ0n) is 9.87. The highest BCUT2D eigenvalue weighted by Crippen LogP contribution is 2.14. The third-order valence-corrected chi connectivity index (χ3v) is 2.82. The van der Waals surface area contributed by atoms with Gasteiger partial charge in [-0.05, 0) is 47.5 Å². The molecular weight excluding hydrogens is 286 g/mol. The second kappa shape index (κ2) is 6.02. The van der Waals surface area contributed by atoms with Gasteiger partial charge in [0.1, 0.15) is 5.76 Å². The number of carbonyl (C=O) groups is 1. The maximum atomic E-state index is 11.4. The average molecular weight is 302 g/mol. The summed E-state index contributed by atoms with van der Waals surface area (Å²) in [6.07, 6.45) is 3.53. The molecule has 0 bridgehead atoms. The minimum absolute atomic E-state index is 0.231. The lowest BCUT2D eigenvalue weighted by molar-refractivity contribution is -0.117. The molecule has 94 valence electrons. The highest BCUT2D eigenvalue weighted by atomic mass is 79.9. The third kappa shape index (κ3) is 5.19. The zero-order valence-corrected chi connectivity index (χ0v) is 11.5. The molecule has 0 spiro atoms. The molecule has 0 saturated heterocycles. The van der Waals surface area contributed by atoms with Crippen molar-refractivity contribution in [2.24, 2.45) is 0 Å². The molecule has 0 aromatic carbocycles. The molecule has 5 heteroatoms. The number of hydrogen-bond acceptors (Lipinski definition) is 3. The van der Waals surface area contributed by atoms with E-state index >= 15 is 0 Å². The van der Waals surface area contributed by atoms with Gasteiger partial charge in [0.2, 0.25) is 5.91 Å². The van der Waals surface area contributed by atoms with Crippen molar-refractivity contribution < 1.29 is 14.3 Å². The van der Waals surface area contributed by atoms with Crippen LogP contribution in [-0.4, -0.2) is 23.2 Å². The summed E-state index contributed by atoms with van der Waals surface area (Å²) in [7, 11) is 0. The molecule has 4 nitrogen and oxygen atoms in total. The highest BCUT2D eigenvalue weighted by Gasteiger charge is 2.17. The summed E-state index contributed by atoms with van der Waals surface area (Å²) in [5.41, 5.74) is -0.864. The van der Waals surface area contributed by atoms with E-state index in [1.54, 1.807) is 25.1 Å². The van der Waals surface area contributed by atoms with Crippen LogP contribution in [0.5, 0.6) is 0 Å². The summed E-state index contributed by atoms with van der Waals surface area (Å²) < 4.78 is 5.82. The van der Waals surface area contributed by atoms with Gasteiger partial charge in [-0.3, -0.25) is 4.79 Å². The van der Waals surface area contributed by atoms with Gasteiger partial charge in [-0.15, -0.1) is 0 Å². The van der Waals surface area contributed by atoms with Crippen LogP contribution in [0.3, 0.4) is 0 Å². The number of furan rings is 1. The fourth-order valence-electron chi connectivity index (χ4n) is 1.04. The van der Waals surface area contributed by atoms with Gasteiger partial charge >= 0.3 is 0 Å². The number of halogens is 1. The van der Waals surface area contributed by atoms with Crippen LogP contribution in [-0.2, 0) is 4.79 Å². The first-order chi connectivity index (χ1) is 7.93. The van der Waals surface area contributed by atoms with E-state index in [0.29, 0.717) is 16.9 Å². The van der Waals surface area contributed by atoms with E-state index in [1.165, 1.54) is 6.08 Å². The Kier molecular flexibility index (Phi) is 4.96. The molecule has 2 N–H and O–H groups in total. The molecule has 1 unspecified atom stereocenters. The minimum atomic E-state index is -0.864. The Labute approximate surface area is 109 Å². The van der Waals surface area contributed by atoms with Crippen LogP contribution >= 0.6 is 15.9 Å². The molecule has 1 amide bonds.